The van der Waals surface area contributed by atoms with E-state index < -0.39 is 11.6 Å². The summed E-state index contributed by atoms with van der Waals surface area (Å²) in [6.45, 7) is -0.0163. The van der Waals surface area contributed by atoms with E-state index >= 15 is 0 Å². The fraction of sp³-hybridized carbons (Fsp3) is 0. The van der Waals surface area contributed by atoms with Crippen LogP contribution in [-0.4, -0.2) is 12.4 Å². The Hall–Kier alpha value is -2.43. The maximum atomic E-state index is 11.4. The van der Waals surface area contributed by atoms with Gasteiger partial charge < -0.3 is 9.15 Å². The standard InChI is InChI=1S/C11H6O5/c12-6-15-11(14)9-5-7-3-1-2-4-8(7)10(13)16-9/h1-6H. The lowest BCUT2D eigenvalue weighted by molar-refractivity contribution is -0.124. The summed E-state index contributed by atoms with van der Waals surface area (Å²) in [4.78, 5) is 32.6. The average molecular weight is 218 g/mol. The van der Waals surface area contributed by atoms with Crippen LogP contribution < -0.4 is 5.63 Å². The molecule has 1 aromatic carbocycles. The fourth-order valence-corrected chi connectivity index (χ4v) is 1.34. The van der Waals surface area contributed by atoms with Crippen LogP contribution in [0.4, 0.5) is 0 Å². The van der Waals surface area contributed by atoms with Gasteiger partial charge in [0.05, 0.1) is 5.39 Å². The van der Waals surface area contributed by atoms with Gasteiger partial charge in [-0.1, -0.05) is 18.2 Å². The molecular formula is C11H6O5. The van der Waals surface area contributed by atoms with Crippen molar-refractivity contribution in [2.24, 2.45) is 0 Å². The second-order valence-corrected chi connectivity index (χ2v) is 2.99. The number of fused-ring (bicyclic) bond motifs is 1. The van der Waals surface area contributed by atoms with E-state index in [4.69, 9.17) is 4.42 Å². The minimum atomic E-state index is -0.988. The summed E-state index contributed by atoms with van der Waals surface area (Å²) in [6.07, 6.45) is 0. The lowest BCUT2D eigenvalue weighted by atomic mass is 10.2. The molecule has 0 radical (unpaired) electrons. The van der Waals surface area contributed by atoms with Crippen molar-refractivity contribution in [2.45, 2.75) is 0 Å². The molecule has 0 aliphatic rings. The number of carbonyl (C=O) groups is 2. The zero-order valence-electron chi connectivity index (χ0n) is 8.01. The predicted molar refractivity (Wildman–Crippen MR) is 54.0 cm³/mol. The van der Waals surface area contributed by atoms with Crippen LogP contribution in [0.1, 0.15) is 10.6 Å². The van der Waals surface area contributed by atoms with Crippen LogP contribution in [0, 0.1) is 0 Å². The van der Waals surface area contributed by atoms with Crippen LogP contribution in [-0.2, 0) is 9.53 Å². The molecule has 0 aliphatic heterocycles. The van der Waals surface area contributed by atoms with Gasteiger partial charge in [0.25, 0.3) is 0 Å². The molecule has 0 N–H and O–H groups in total. The highest BCUT2D eigenvalue weighted by molar-refractivity contribution is 5.94. The van der Waals surface area contributed by atoms with Crippen LogP contribution in [0.25, 0.3) is 10.8 Å². The molecular weight excluding hydrogens is 212 g/mol. The van der Waals surface area contributed by atoms with Crippen molar-refractivity contribution in [3.63, 3.8) is 0 Å². The lowest BCUT2D eigenvalue weighted by Gasteiger charge is -1.98. The molecule has 16 heavy (non-hydrogen) atoms. The van der Waals surface area contributed by atoms with E-state index in [1.807, 2.05) is 0 Å². The minimum Gasteiger partial charge on any atom is -0.415 e. The van der Waals surface area contributed by atoms with E-state index in [-0.39, 0.29) is 12.2 Å². The average Bonchev–Trinajstić information content (AvgIpc) is 2.29. The van der Waals surface area contributed by atoms with E-state index in [2.05, 4.69) is 4.74 Å². The van der Waals surface area contributed by atoms with E-state index in [0.29, 0.717) is 10.8 Å². The molecule has 5 heteroatoms. The molecule has 0 bridgehead atoms. The highest BCUT2D eigenvalue weighted by atomic mass is 16.6. The molecule has 0 fully saturated rings. The topological polar surface area (TPSA) is 73.6 Å². The predicted octanol–water partition coefficient (Wildman–Crippen LogP) is 1.11. The Morgan fingerprint density at radius 1 is 1.31 bits per heavy atom. The molecule has 0 amide bonds. The normalized spacial score (nSPS) is 10.0. The lowest BCUT2D eigenvalue weighted by Crippen LogP contribution is -2.09. The number of hydrogen-bond acceptors (Lipinski definition) is 5. The Labute approximate surface area is 89.2 Å². The van der Waals surface area contributed by atoms with Gasteiger partial charge in [-0.25, -0.2) is 9.59 Å². The van der Waals surface area contributed by atoms with Crippen molar-refractivity contribution in [3.8, 4) is 0 Å². The Morgan fingerprint density at radius 3 is 2.81 bits per heavy atom. The highest BCUT2D eigenvalue weighted by Gasteiger charge is 2.12. The summed E-state index contributed by atoms with van der Waals surface area (Å²) >= 11 is 0. The van der Waals surface area contributed by atoms with Gasteiger partial charge in [0.1, 0.15) is 0 Å². The smallest absolute Gasteiger partial charge is 0.381 e. The molecule has 1 aromatic heterocycles. The van der Waals surface area contributed by atoms with E-state index in [0.717, 1.165) is 0 Å². The van der Waals surface area contributed by atoms with Crippen molar-refractivity contribution in [3.05, 3.63) is 46.5 Å². The molecule has 0 spiro atoms. The first-order chi connectivity index (χ1) is 7.72. The van der Waals surface area contributed by atoms with Gasteiger partial charge in [-0.2, -0.15) is 0 Å². The van der Waals surface area contributed by atoms with E-state index in [1.165, 1.54) is 6.07 Å². The first-order valence-corrected chi connectivity index (χ1v) is 4.40. The van der Waals surface area contributed by atoms with Crippen molar-refractivity contribution in [1.29, 1.82) is 0 Å². The number of rotatable bonds is 2. The molecule has 2 aromatic rings. The number of carbonyl (C=O) groups excluding carboxylic acids is 2. The van der Waals surface area contributed by atoms with Gasteiger partial charge in [-0.3, -0.25) is 4.79 Å². The summed E-state index contributed by atoms with van der Waals surface area (Å²) in [5.41, 5.74) is -0.643. The third-order valence-corrected chi connectivity index (χ3v) is 2.03. The largest absolute Gasteiger partial charge is 0.415 e. The Morgan fingerprint density at radius 2 is 2.06 bits per heavy atom. The van der Waals surface area contributed by atoms with Crippen LogP contribution in [0.2, 0.25) is 0 Å². The van der Waals surface area contributed by atoms with Gasteiger partial charge in [0.15, 0.2) is 0 Å². The SMILES string of the molecule is O=COC(=O)c1cc2ccccc2c(=O)o1. The van der Waals surface area contributed by atoms with Gasteiger partial charge in [0.2, 0.25) is 5.76 Å². The second kappa shape index (κ2) is 3.98. The highest BCUT2D eigenvalue weighted by Crippen LogP contribution is 2.11. The Kier molecular flexibility index (Phi) is 2.51. The Balaban J connectivity index is 2.62. The molecule has 80 valence electrons. The second-order valence-electron chi connectivity index (χ2n) is 2.99. The molecule has 2 rings (SSSR count). The molecule has 1 heterocycles. The summed E-state index contributed by atoms with van der Waals surface area (Å²) in [7, 11) is 0. The van der Waals surface area contributed by atoms with Crippen molar-refractivity contribution >= 4 is 23.2 Å². The molecule has 0 unspecified atom stereocenters. The molecule has 0 saturated carbocycles. The third kappa shape index (κ3) is 1.70. The summed E-state index contributed by atoms with van der Waals surface area (Å²) in [5, 5.41) is 0.918. The monoisotopic (exact) mass is 218 g/mol. The molecule has 0 atom stereocenters. The number of benzene rings is 1. The van der Waals surface area contributed by atoms with Gasteiger partial charge in [-0.05, 0) is 17.5 Å². The minimum absolute atomic E-state index is 0.0163. The first kappa shape index (κ1) is 10.1. The first-order valence-electron chi connectivity index (χ1n) is 4.40. The summed E-state index contributed by atoms with van der Waals surface area (Å²) < 4.78 is 8.80. The molecule has 0 saturated heterocycles. The van der Waals surface area contributed by atoms with Crippen LogP contribution in [0.5, 0.6) is 0 Å². The maximum absolute atomic E-state index is 11.4. The zero-order chi connectivity index (χ0) is 11.5. The number of ether oxygens (including phenoxy) is 1. The van der Waals surface area contributed by atoms with E-state index in [9.17, 15) is 14.4 Å². The van der Waals surface area contributed by atoms with Gasteiger partial charge >= 0.3 is 18.1 Å². The fourth-order valence-electron chi connectivity index (χ4n) is 1.34. The van der Waals surface area contributed by atoms with Crippen LogP contribution in [0.15, 0.2) is 39.5 Å². The van der Waals surface area contributed by atoms with Crippen LogP contribution in [0.3, 0.4) is 0 Å². The number of esters is 1. The summed E-state index contributed by atoms with van der Waals surface area (Å²) in [6, 6.07) is 7.99. The van der Waals surface area contributed by atoms with Crippen LogP contribution >= 0.6 is 0 Å². The van der Waals surface area contributed by atoms with Crippen molar-refractivity contribution < 1.29 is 18.7 Å². The van der Waals surface area contributed by atoms with Gasteiger partial charge in [0, 0.05) is 0 Å². The van der Waals surface area contributed by atoms with E-state index in [1.54, 1.807) is 24.3 Å². The number of hydrogen-bond donors (Lipinski definition) is 0. The third-order valence-electron chi connectivity index (χ3n) is 2.03. The van der Waals surface area contributed by atoms with Crippen molar-refractivity contribution in [2.75, 3.05) is 0 Å². The maximum Gasteiger partial charge on any atom is 0.381 e. The van der Waals surface area contributed by atoms with Gasteiger partial charge in [-0.15, -0.1) is 0 Å². The Bertz CT molecular complexity index is 611. The zero-order valence-corrected chi connectivity index (χ0v) is 8.01. The molecule has 0 aliphatic carbocycles. The summed E-state index contributed by atoms with van der Waals surface area (Å²) in [5.74, 6) is -1.28. The molecule has 5 nitrogen and oxygen atoms in total. The quantitative estimate of drug-likeness (QED) is 0.428. The van der Waals surface area contributed by atoms with Crippen molar-refractivity contribution in [1.82, 2.24) is 0 Å².